The minimum Gasteiger partial charge on any atom is -0.454 e. The molecule has 2 aromatic carbocycles. The lowest BCUT2D eigenvalue weighted by Crippen LogP contribution is -2.29. The molecule has 1 N–H and O–H groups in total. The van der Waals surface area contributed by atoms with Crippen molar-refractivity contribution in [3.8, 4) is 11.5 Å². The van der Waals surface area contributed by atoms with Crippen LogP contribution in [-0.4, -0.2) is 6.79 Å². The zero-order valence-electron chi connectivity index (χ0n) is 12.8. The number of benzene rings is 2. The standard InChI is InChI=1S/C19H15Br2NO2/c20-10-4-5-16-13(6-10)11-2-1-3-12(11)19(22-16)14-7-17-18(8-15(14)21)24-9-23-17/h1-2,4-8,11-12,19,22H,3,9H2. The molecular weight excluding hydrogens is 434 g/mol. The van der Waals surface area contributed by atoms with E-state index < -0.39 is 0 Å². The lowest BCUT2D eigenvalue weighted by molar-refractivity contribution is 0.174. The maximum atomic E-state index is 5.59. The number of ether oxygens (including phenoxy) is 2. The second-order valence-corrected chi connectivity index (χ2v) is 8.20. The Bertz CT molecular complexity index is 865. The Morgan fingerprint density at radius 1 is 1.00 bits per heavy atom. The second-order valence-electron chi connectivity index (χ2n) is 6.43. The van der Waals surface area contributed by atoms with E-state index in [0.717, 1.165) is 26.9 Å². The molecule has 2 heterocycles. The molecule has 0 spiro atoms. The molecule has 0 fully saturated rings. The van der Waals surface area contributed by atoms with Gasteiger partial charge in [-0.2, -0.15) is 0 Å². The summed E-state index contributed by atoms with van der Waals surface area (Å²) in [6.07, 6.45) is 5.74. The first-order valence-corrected chi connectivity index (χ1v) is 9.61. The Morgan fingerprint density at radius 2 is 1.83 bits per heavy atom. The second kappa shape index (κ2) is 5.53. The SMILES string of the molecule is Brc1ccc2c(c1)C1C=CCC1C(c1cc3c(cc1Br)OCO3)N2. The Hall–Kier alpha value is -1.46. The topological polar surface area (TPSA) is 30.5 Å². The fourth-order valence-electron chi connectivity index (χ4n) is 4.04. The van der Waals surface area contributed by atoms with Gasteiger partial charge in [-0.05, 0) is 53.8 Å². The van der Waals surface area contributed by atoms with Gasteiger partial charge in [0.05, 0.1) is 6.04 Å². The molecule has 3 aliphatic rings. The van der Waals surface area contributed by atoms with E-state index in [4.69, 9.17) is 9.47 Å². The van der Waals surface area contributed by atoms with Gasteiger partial charge < -0.3 is 14.8 Å². The van der Waals surface area contributed by atoms with Crippen LogP contribution in [0.3, 0.4) is 0 Å². The van der Waals surface area contributed by atoms with E-state index in [2.05, 4.69) is 73.6 Å². The zero-order chi connectivity index (χ0) is 16.3. The molecule has 3 atom stereocenters. The van der Waals surface area contributed by atoms with Crippen LogP contribution in [0.2, 0.25) is 0 Å². The van der Waals surface area contributed by atoms with E-state index in [1.165, 1.54) is 16.8 Å². The molecule has 0 aromatic heterocycles. The predicted octanol–water partition coefficient (Wildman–Crippen LogP) is 5.77. The third-order valence-electron chi connectivity index (χ3n) is 5.15. The minimum atomic E-state index is 0.238. The number of allylic oxidation sites excluding steroid dienone is 2. The summed E-state index contributed by atoms with van der Waals surface area (Å²) in [7, 11) is 0. The number of hydrogen-bond acceptors (Lipinski definition) is 3. The molecule has 0 bridgehead atoms. The summed E-state index contributed by atoms with van der Waals surface area (Å²) in [6.45, 7) is 0.299. The van der Waals surface area contributed by atoms with Crippen LogP contribution >= 0.6 is 31.9 Å². The zero-order valence-corrected chi connectivity index (χ0v) is 15.9. The number of halogens is 2. The van der Waals surface area contributed by atoms with Gasteiger partial charge in [-0.15, -0.1) is 0 Å². The largest absolute Gasteiger partial charge is 0.454 e. The van der Waals surface area contributed by atoms with Gasteiger partial charge in [0, 0.05) is 20.6 Å². The predicted molar refractivity (Wildman–Crippen MR) is 101 cm³/mol. The molecule has 0 amide bonds. The fourth-order valence-corrected chi connectivity index (χ4v) is 4.99. The van der Waals surface area contributed by atoms with Gasteiger partial charge in [-0.25, -0.2) is 0 Å². The average molecular weight is 449 g/mol. The summed E-state index contributed by atoms with van der Waals surface area (Å²) in [5.74, 6) is 2.59. The van der Waals surface area contributed by atoms with Crippen molar-refractivity contribution in [2.45, 2.75) is 18.4 Å². The fraction of sp³-hybridized carbons (Fsp3) is 0.263. The number of rotatable bonds is 1. The molecule has 0 radical (unpaired) electrons. The van der Waals surface area contributed by atoms with E-state index in [0.29, 0.717) is 18.6 Å². The molecular formula is C19H15Br2NO2. The smallest absolute Gasteiger partial charge is 0.231 e. The monoisotopic (exact) mass is 447 g/mol. The first-order chi connectivity index (χ1) is 11.7. The number of nitrogens with one attached hydrogen (secondary N) is 1. The quantitative estimate of drug-likeness (QED) is 0.562. The lowest BCUT2D eigenvalue weighted by Gasteiger charge is -2.38. The maximum absolute atomic E-state index is 5.59. The Morgan fingerprint density at radius 3 is 2.71 bits per heavy atom. The van der Waals surface area contributed by atoms with Crippen LogP contribution in [0, 0.1) is 5.92 Å². The van der Waals surface area contributed by atoms with Crippen molar-refractivity contribution in [2.75, 3.05) is 12.1 Å². The van der Waals surface area contributed by atoms with Crippen LogP contribution in [-0.2, 0) is 0 Å². The number of anilines is 1. The molecule has 122 valence electrons. The maximum Gasteiger partial charge on any atom is 0.231 e. The van der Waals surface area contributed by atoms with Crippen molar-refractivity contribution >= 4 is 37.5 Å². The highest BCUT2D eigenvalue weighted by molar-refractivity contribution is 9.10. The van der Waals surface area contributed by atoms with Crippen LogP contribution in [0.4, 0.5) is 5.69 Å². The van der Waals surface area contributed by atoms with Crippen molar-refractivity contribution in [1.29, 1.82) is 0 Å². The van der Waals surface area contributed by atoms with Crippen molar-refractivity contribution < 1.29 is 9.47 Å². The van der Waals surface area contributed by atoms with Gasteiger partial charge in [0.25, 0.3) is 0 Å². The Balaban J connectivity index is 1.61. The van der Waals surface area contributed by atoms with Gasteiger partial charge in [-0.1, -0.05) is 44.0 Å². The summed E-state index contributed by atoms with van der Waals surface area (Å²) >= 11 is 7.33. The van der Waals surface area contributed by atoms with E-state index in [-0.39, 0.29) is 6.04 Å². The van der Waals surface area contributed by atoms with Crippen molar-refractivity contribution in [1.82, 2.24) is 0 Å². The molecule has 2 aliphatic heterocycles. The van der Waals surface area contributed by atoms with Gasteiger partial charge in [0.15, 0.2) is 11.5 Å². The summed E-state index contributed by atoms with van der Waals surface area (Å²) in [6, 6.07) is 10.9. The molecule has 5 rings (SSSR count). The highest BCUT2D eigenvalue weighted by Gasteiger charge is 2.39. The number of hydrogen-bond donors (Lipinski definition) is 1. The van der Waals surface area contributed by atoms with Crippen molar-refractivity contribution in [2.24, 2.45) is 5.92 Å². The van der Waals surface area contributed by atoms with Crippen molar-refractivity contribution in [3.63, 3.8) is 0 Å². The lowest BCUT2D eigenvalue weighted by atomic mass is 9.77. The van der Waals surface area contributed by atoms with Crippen LogP contribution in [0.15, 0.2) is 51.4 Å². The third kappa shape index (κ3) is 2.21. The van der Waals surface area contributed by atoms with E-state index in [9.17, 15) is 0 Å². The van der Waals surface area contributed by atoms with E-state index in [1.807, 2.05) is 6.07 Å². The molecule has 2 aromatic rings. The summed E-state index contributed by atoms with van der Waals surface area (Å²) in [4.78, 5) is 0. The molecule has 3 unspecified atom stereocenters. The van der Waals surface area contributed by atoms with Crippen LogP contribution in [0.1, 0.15) is 29.5 Å². The normalized spacial score (nSPS) is 26.0. The molecule has 3 nitrogen and oxygen atoms in total. The highest BCUT2D eigenvalue weighted by atomic mass is 79.9. The van der Waals surface area contributed by atoms with Gasteiger partial charge in [0.1, 0.15) is 0 Å². The summed E-state index contributed by atoms with van der Waals surface area (Å²) in [5, 5.41) is 3.76. The van der Waals surface area contributed by atoms with Gasteiger partial charge in [0.2, 0.25) is 6.79 Å². The van der Waals surface area contributed by atoms with Crippen LogP contribution in [0.25, 0.3) is 0 Å². The Kier molecular flexibility index (Phi) is 3.42. The average Bonchev–Trinajstić information content (AvgIpc) is 3.22. The minimum absolute atomic E-state index is 0.238. The third-order valence-corrected chi connectivity index (χ3v) is 6.33. The van der Waals surface area contributed by atoms with Gasteiger partial charge in [-0.3, -0.25) is 0 Å². The molecule has 5 heteroatoms. The molecule has 24 heavy (non-hydrogen) atoms. The summed E-state index contributed by atoms with van der Waals surface area (Å²) < 4.78 is 13.3. The Labute approximate surface area is 157 Å². The van der Waals surface area contributed by atoms with Crippen LogP contribution in [0.5, 0.6) is 11.5 Å². The van der Waals surface area contributed by atoms with Crippen molar-refractivity contribution in [3.05, 3.63) is 62.6 Å². The van der Waals surface area contributed by atoms with Crippen LogP contribution < -0.4 is 14.8 Å². The molecule has 1 aliphatic carbocycles. The first-order valence-electron chi connectivity index (χ1n) is 8.02. The van der Waals surface area contributed by atoms with Gasteiger partial charge >= 0.3 is 0 Å². The molecule has 0 saturated carbocycles. The van der Waals surface area contributed by atoms with E-state index >= 15 is 0 Å². The highest BCUT2D eigenvalue weighted by Crippen LogP contribution is 2.52. The number of fused-ring (bicyclic) bond motifs is 4. The summed E-state index contributed by atoms with van der Waals surface area (Å²) in [5.41, 5.74) is 3.81. The van der Waals surface area contributed by atoms with E-state index in [1.54, 1.807) is 0 Å². The molecule has 0 saturated heterocycles. The first kappa shape index (κ1) is 14.8.